The van der Waals surface area contributed by atoms with Crippen LogP contribution in [0.3, 0.4) is 0 Å². The molecule has 3 rings (SSSR count). The zero-order valence-electron chi connectivity index (χ0n) is 14.8. The third-order valence-corrected chi connectivity index (χ3v) is 4.45. The molecule has 1 aliphatic heterocycles. The van der Waals surface area contributed by atoms with Crippen LogP contribution in [0.2, 0.25) is 0 Å². The van der Waals surface area contributed by atoms with Gasteiger partial charge in [-0.25, -0.2) is 0 Å². The largest absolute Gasteiger partial charge is 0.489 e. The molecule has 0 radical (unpaired) electrons. The molecule has 5 heteroatoms. The molecule has 5 nitrogen and oxygen atoms in total. The lowest BCUT2D eigenvalue weighted by Crippen LogP contribution is -2.32. The van der Waals surface area contributed by atoms with Gasteiger partial charge in [-0.2, -0.15) is 0 Å². The lowest BCUT2D eigenvalue weighted by atomic mass is 10.2. The highest BCUT2D eigenvalue weighted by atomic mass is 16.5. The number of benzene rings is 2. The van der Waals surface area contributed by atoms with E-state index in [9.17, 15) is 9.59 Å². The summed E-state index contributed by atoms with van der Waals surface area (Å²) in [5.74, 6) is 0.663. The minimum atomic E-state index is -0.172. The molecule has 1 saturated heterocycles. The Bertz CT molecular complexity index is 723. The van der Waals surface area contributed by atoms with Gasteiger partial charge in [0.15, 0.2) is 0 Å². The van der Waals surface area contributed by atoms with Crippen molar-refractivity contribution in [2.24, 2.45) is 0 Å². The fourth-order valence-electron chi connectivity index (χ4n) is 2.95. The molecular formula is C21H24N2O3. The van der Waals surface area contributed by atoms with Crippen LogP contribution in [0.5, 0.6) is 5.75 Å². The standard InChI is InChI=1S/C21H24N2O3/c24-20(23-14-4-5-15-23)12-13-22-21(25)18-8-10-19(11-9-18)26-16-17-6-2-1-3-7-17/h1-3,6-11H,4-5,12-16H2,(H,22,25). The Balaban J connectivity index is 1.42. The van der Waals surface area contributed by atoms with E-state index in [-0.39, 0.29) is 11.8 Å². The Labute approximate surface area is 154 Å². The van der Waals surface area contributed by atoms with Gasteiger partial charge in [0.25, 0.3) is 5.91 Å². The number of ether oxygens (including phenoxy) is 1. The van der Waals surface area contributed by atoms with Crippen molar-refractivity contribution in [1.29, 1.82) is 0 Å². The average Bonchev–Trinajstić information content (AvgIpc) is 3.22. The summed E-state index contributed by atoms with van der Waals surface area (Å²) in [7, 11) is 0. The van der Waals surface area contributed by atoms with Crippen molar-refractivity contribution in [2.75, 3.05) is 19.6 Å². The van der Waals surface area contributed by atoms with E-state index in [0.717, 1.165) is 37.2 Å². The Morgan fingerprint density at radius 1 is 0.962 bits per heavy atom. The molecule has 0 bridgehead atoms. The van der Waals surface area contributed by atoms with E-state index in [1.54, 1.807) is 24.3 Å². The highest BCUT2D eigenvalue weighted by Gasteiger charge is 2.17. The minimum Gasteiger partial charge on any atom is -0.489 e. The number of hydrogen-bond donors (Lipinski definition) is 1. The minimum absolute atomic E-state index is 0.118. The van der Waals surface area contributed by atoms with Crippen LogP contribution in [0.25, 0.3) is 0 Å². The topological polar surface area (TPSA) is 58.6 Å². The van der Waals surface area contributed by atoms with Gasteiger partial charge >= 0.3 is 0 Å². The van der Waals surface area contributed by atoms with E-state index < -0.39 is 0 Å². The molecule has 2 aromatic rings. The predicted molar refractivity (Wildman–Crippen MR) is 100.0 cm³/mol. The summed E-state index contributed by atoms with van der Waals surface area (Å²) in [4.78, 5) is 26.0. The highest BCUT2D eigenvalue weighted by molar-refractivity contribution is 5.94. The van der Waals surface area contributed by atoms with Crippen molar-refractivity contribution in [3.05, 3.63) is 65.7 Å². The molecule has 0 atom stereocenters. The molecule has 1 fully saturated rings. The van der Waals surface area contributed by atoms with Crippen LogP contribution in [0.4, 0.5) is 0 Å². The summed E-state index contributed by atoms with van der Waals surface area (Å²) in [5.41, 5.74) is 1.66. The summed E-state index contributed by atoms with van der Waals surface area (Å²) in [6.45, 7) is 2.54. The highest BCUT2D eigenvalue weighted by Crippen LogP contribution is 2.14. The summed E-state index contributed by atoms with van der Waals surface area (Å²) < 4.78 is 5.71. The average molecular weight is 352 g/mol. The van der Waals surface area contributed by atoms with Crippen molar-refractivity contribution >= 4 is 11.8 Å². The van der Waals surface area contributed by atoms with Gasteiger partial charge in [-0.3, -0.25) is 9.59 Å². The Morgan fingerprint density at radius 3 is 2.35 bits per heavy atom. The lowest BCUT2D eigenvalue weighted by molar-refractivity contribution is -0.129. The number of nitrogens with zero attached hydrogens (tertiary/aromatic N) is 1. The predicted octanol–water partition coefficient (Wildman–Crippen LogP) is 3.01. The number of carbonyl (C=O) groups excluding carboxylic acids is 2. The lowest BCUT2D eigenvalue weighted by Gasteiger charge is -2.15. The molecule has 1 heterocycles. The van der Waals surface area contributed by atoms with Crippen molar-refractivity contribution < 1.29 is 14.3 Å². The zero-order valence-corrected chi connectivity index (χ0v) is 14.8. The second kappa shape index (κ2) is 9.04. The summed E-state index contributed by atoms with van der Waals surface area (Å²) in [6, 6.07) is 17.0. The number of carbonyl (C=O) groups is 2. The van der Waals surface area contributed by atoms with E-state index in [4.69, 9.17) is 4.74 Å². The van der Waals surface area contributed by atoms with Crippen molar-refractivity contribution in [1.82, 2.24) is 10.2 Å². The Morgan fingerprint density at radius 2 is 1.65 bits per heavy atom. The summed E-state index contributed by atoms with van der Waals surface area (Å²) in [6.07, 6.45) is 2.51. The van der Waals surface area contributed by atoms with Crippen molar-refractivity contribution in [3.8, 4) is 5.75 Å². The Hall–Kier alpha value is -2.82. The molecule has 26 heavy (non-hydrogen) atoms. The van der Waals surface area contributed by atoms with Crippen molar-refractivity contribution in [2.45, 2.75) is 25.9 Å². The smallest absolute Gasteiger partial charge is 0.251 e. The molecule has 2 amide bonds. The molecule has 0 saturated carbocycles. The molecule has 1 aliphatic rings. The van der Waals surface area contributed by atoms with Gasteiger partial charge in [0.1, 0.15) is 12.4 Å². The van der Waals surface area contributed by atoms with Crippen LogP contribution >= 0.6 is 0 Å². The van der Waals surface area contributed by atoms with Crippen LogP contribution in [-0.4, -0.2) is 36.3 Å². The molecule has 0 aliphatic carbocycles. The van der Waals surface area contributed by atoms with Gasteiger partial charge in [-0.15, -0.1) is 0 Å². The third-order valence-electron chi connectivity index (χ3n) is 4.45. The van der Waals surface area contributed by atoms with Gasteiger partial charge in [-0.05, 0) is 42.7 Å². The molecule has 136 valence electrons. The van der Waals surface area contributed by atoms with Crippen LogP contribution in [-0.2, 0) is 11.4 Å². The first-order valence-corrected chi connectivity index (χ1v) is 9.05. The number of likely N-dealkylation sites (tertiary alicyclic amines) is 1. The van der Waals surface area contributed by atoms with Crippen LogP contribution < -0.4 is 10.1 Å². The molecule has 0 aromatic heterocycles. The molecular weight excluding hydrogens is 328 g/mol. The number of hydrogen-bond acceptors (Lipinski definition) is 3. The summed E-state index contributed by atoms with van der Waals surface area (Å²) in [5, 5.41) is 2.80. The van der Waals surface area contributed by atoms with E-state index in [1.807, 2.05) is 35.2 Å². The fourth-order valence-corrected chi connectivity index (χ4v) is 2.95. The zero-order chi connectivity index (χ0) is 18.2. The maximum absolute atomic E-state index is 12.2. The van der Waals surface area contributed by atoms with Crippen LogP contribution in [0, 0.1) is 0 Å². The molecule has 2 aromatic carbocycles. The van der Waals surface area contributed by atoms with Crippen LogP contribution in [0.1, 0.15) is 35.2 Å². The first-order chi connectivity index (χ1) is 12.7. The van der Waals surface area contributed by atoms with Gasteiger partial charge in [0, 0.05) is 31.6 Å². The molecule has 0 spiro atoms. The second-order valence-electron chi connectivity index (χ2n) is 6.39. The number of nitrogens with one attached hydrogen (secondary N) is 1. The normalized spacial score (nSPS) is 13.5. The van der Waals surface area contributed by atoms with E-state index >= 15 is 0 Å². The first kappa shape index (κ1) is 18.0. The molecule has 1 N–H and O–H groups in total. The van der Waals surface area contributed by atoms with Crippen molar-refractivity contribution in [3.63, 3.8) is 0 Å². The monoisotopic (exact) mass is 352 g/mol. The maximum atomic E-state index is 12.2. The fraction of sp³-hybridized carbons (Fsp3) is 0.333. The Kier molecular flexibility index (Phi) is 6.25. The number of amides is 2. The second-order valence-corrected chi connectivity index (χ2v) is 6.39. The summed E-state index contributed by atoms with van der Waals surface area (Å²) >= 11 is 0. The van der Waals surface area contributed by atoms with E-state index in [2.05, 4.69) is 5.32 Å². The quantitative estimate of drug-likeness (QED) is 0.833. The third kappa shape index (κ3) is 5.09. The van der Waals surface area contributed by atoms with Gasteiger partial charge in [0.05, 0.1) is 0 Å². The maximum Gasteiger partial charge on any atom is 0.251 e. The van der Waals surface area contributed by atoms with Gasteiger partial charge < -0.3 is 15.0 Å². The SMILES string of the molecule is O=C(NCCC(=O)N1CCCC1)c1ccc(OCc2ccccc2)cc1. The van der Waals surface area contributed by atoms with Gasteiger partial charge in [-0.1, -0.05) is 30.3 Å². The van der Waals surface area contributed by atoms with Crippen LogP contribution in [0.15, 0.2) is 54.6 Å². The van der Waals surface area contributed by atoms with Gasteiger partial charge in [0.2, 0.25) is 5.91 Å². The molecule has 0 unspecified atom stereocenters. The number of rotatable bonds is 7. The van der Waals surface area contributed by atoms with E-state index in [0.29, 0.717) is 25.1 Å². The first-order valence-electron chi connectivity index (χ1n) is 9.05. The van der Waals surface area contributed by atoms with E-state index in [1.165, 1.54) is 0 Å².